The summed E-state index contributed by atoms with van der Waals surface area (Å²) in [7, 11) is 0. The van der Waals surface area contributed by atoms with E-state index in [1.165, 1.54) is 11.1 Å². The summed E-state index contributed by atoms with van der Waals surface area (Å²) in [5.41, 5.74) is 2.54. The minimum atomic E-state index is 0.144. The van der Waals surface area contributed by atoms with E-state index in [-0.39, 0.29) is 6.61 Å². The zero-order chi connectivity index (χ0) is 11.2. The highest BCUT2D eigenvalue weighted by Crippen LogP contribution is 2.11. The first kappa shape index (κ1) is 11.0. The van der Waals surface area contributed by atoms with Crippen molar-refractivity contribution in [2.45, 2.75) is 19.3 Å². The quantitative estimate of drug-likeness (QED) is 0.833. The van der Waals surface area contributed by atoms with Crippen molar-refractivity contribution in [3.05, 3.63) is 59.5 Å². The van der Waals surface area contributed by atoms with Crippen molar-refractivity contribution in [2.75, 3.05) is 6.61 Å². The lowest BCUT2D eigenvalue weighted by atomic mass is 10.1. The van der Waals surface area contributed by atoms with E-state index in [0.717, 1.165) is 18.6 Å². The van der Waals surface area contributed by atoms with Gasteiger partial charge in [0.1, 0.15) is 5.76 Å². The van der Waals surface area contributed by atoms with Crippen molar-refractivity contribution >= 4 is 0 Å². The maximum absolute atomic E-state index is 8.78. The van der Waals surface area contributed by atoms with Crippen LogP contribution in [0.5, 0.6) is 0 Å². The normalized spacial score (nSPS) is 10.6. The highest BCUT2D eigenvalue weighted by Gasteiger charge is 2.01. The van der Waals surface area contributed by atoms with Gasteiger partial charge in [-0.3, -0.25) is 0 Å². The fourth-order valence-corrected chi connectivity index (χ4v) is 1.73. The molecule has 0 bridgehead atoms. The zero-order valence-corrected chi connectivity index (χ0v) is 9.23. The zero-order valence-electron chi connectivity index (χ0n) is 9.23. The summed E-state index contributed by atoms with van der Waals surface area (Å²) in [6, 6.07) is 12.4. The average molecular weight is 216 g/mol. The molecule has 1 aromatic heterocycles. The Morgan fingerprint density at radius 3 is 2.44 bits per heavy atom. The van der Waals surface area contributed by atoms with Gasteiger partial charge in [-0.1, -0.05) is 30.3 Å². The van der Waals surface area contributed by atoms with E-state index in [2.05, 4.69) is 24.3 Å². The molecule has 2 heteroatoms. The highest BCUT2D eigenvalue weighted by molar-refractivity contribution is 5.19. The maximum atomic E-state index is 8.78. The Morgan fingerprint density at radius 2 is 1.69 bits per heavy atom. The molecule has 1 heterocycles. The third-order valence-corrected chi connectivity index (χ3v) is 2.61. The number of hydrogen-bond acceptors (Lipinski definition) is 2. The summed E-state index contributed by atoms with van der Waals surface area (Å²) >= 11 is 0. The molecule has 16 heavy (non-hydrogen) atoms. The molecule has 0 fully saturated rings. The Kier molecular flexibility index (Phi) is 3.78. The fourth-order valence-electron chi connectivity index (χ4n) is 1.73. The largest absolute Gasteiger partial charge is 0.469 e. The third kappa shape index (κ3) is 2.97. The molecule has 0 radical (unpaired) electrons. The van der Waals surface area contributed by atoms with Gasteiger partial charge in [0.05, 0.1) is 12.9 Å². The van der Waals surface area contributed by atoms with E-state index in [1.54, 1.807) is 6.26 Å². The number of furan rings is 1. The first-order valence-electron chi connectivity index (χ1n) is 5.59. The summed E-state index contributed by atoms with van der Waals surface area (Å²) < 4.78 is 5.33. The molecule has 0 amide bonds. The molecule has 2 aromatic rings. The van der Waals surface area contributed by atoms with Gasteiger partial charge in [-0.05, 0) is 30.0 Å². The standard InChI is InChI=1S/C14H16O2/c15-9-8-14-10-13(11-16-14)7-6-12-4-2-1-3-5-12/h1-5,10-11,15H,6-9H2. The number of benzene rings is 1. The molecule has 84 valence electrons. The minimum Gasteiger partial charge on any atom is -0.469 e. The lowest BCUT2D eigenvalue weighted by Gasteiger charge is -1.97. The number of hydrogen-bond donors (Lipinski definition) is 1. The van der Waals surface area contributed by atoms with Gasteiger partial charge in [0.25, 0.3) is 0 Å². The van der Waals surface area contributed by atoms with Crippen LogP contribution in [0.4, 0.5) is 0 Å². The number of aliphatic hydroxyl groups excluding tert-OH is 1. The van der Waals surface area contributed by atoms with E-state index < -0.39 is 0 Å². The van der Waals surface area contributed by atoms with Crippen molar-refractivity contribution in [3.63, 3.8) is 0 Å². The van der Waals surface area contributed by atoms with Crippen LogP contribution in [0.1, 0.15) is 16.9 Å². The van der Waals surface area contributed by atoms with Crippen molar-refractivity contribution in [3.8, 4) is 0 Å². The molecule has 0 atom stereocenters. The van der Waals surface area contributed by atoms with Crippen LogP contribution in [-0.2, 0) is 19.3 Å². The lowest BCUT2D eigenvalue weighted by Crippen LogP contribution is -1.89. The van der Waals surface area contributed by atoms with Gasteiger partial charge in [-0.2, -0.15) is 0 Å². The van der Waals surface area contributed by atoms with E-state index in [9.17, 15) is 0 Å². The minimum absolute atomic E-state index is 0.144. The molecule has 0 spiro atoms. The Balaban J connectivity index is 1.89. The summed E-state index contributed by atoms with van der Waals surface area (Å²) in [5.74, 6) is 0.866. The van der Waals surface area contributed by atoms with Crippen LogP contribution in [0, 0.1) is 0 Å². The second-order valence-electron chi connectivity index (χ2n) is 3.88. The van der Waals surface area contributed by atoms with Gasteiger partial charge in [0, 0.05) is 6.42 Å². The van der Waals surface area contributed by atoms with Crippen molar-refractivity contribution in [2.24, 2.45) is 0 Å². The second kappa shape index (κ2) is 5.52. The predicted octanol–water partition coefficient (Wildman–Crippen LogP) is 2.60. The molecule has 0 saturated carbocycles. The molecule has 1 aromatic carbocycles. The van der Waals surface area contributed by atoms with Gasteiger partial charge in [0.15, 0.2) is 0 Å². The van der Waals surface area contributed by atoms with Crippen molar-refractivity contribution in [1.82, 2.24) is 0 Å². The van der Waals surface area contributed by atoms with Gasteiger partial charge in [0.2, 0.25) is 0 Å². The molecule has 0 saturated heterocycles. The molecular weight excluding hydrogens is 200 g/mol. The highest BCUT2D eigenvalue weighted by atomic mass is 16.3. The Labute approximate surface area is 95.5 Å². The first-order valence-corrected chi connectivity index (χ1v) is 5.59. The summed E-state index contributed by atoms with van der Waals surface area (Å²) in [6.45, 7) is 0.144. The summed E-state index contributed by atoms with van der Waals surface area (Å²) in [5, 5.41) is 8.78. The summed E-state index contributed by atoms with van der Waals surface area (Å²) in [6.07, 6.45) is 4.40. The Hall–Kier alpha value is -1.54. The van der Waals surface area contributed by atoms with Gasteiger partial charge in [-0.25, -0.2) is 0 Å². The Morgan fingerprint density at radius 1 is 0.938 bits per heavy atom. The number of aliphatic hydroxyl groups is 1. The second-order valence-corrected chi connectivity index (χ2v) is 3.88. The number of aryl methyl sites for hydroxylation is 2. The van der Waals surface area contributed by atoms with E-state index in [4.69, 9.17) is 9.52 Å². The monoisotopic (exact) mass is 216 g/mol. The smallest absolute Gasteiger partial charge is 0.106 e. The number of rotatable bonds is 5. The van der Waals surface area contributed by atoms with Gasteiger partial charge >= 0.3 is 0 Å². The van der Waals surface area contributed by atoms with Gasteiger partial charge in [-0.15, -0.1) is 0 Å². The third-order valence-electron chi connectivity index (χ3n) is 2.61. The Bertz CT molecular complexity index is 417. The van der Waals surface area contributed by atoms with Gasteiger partial charge < -0.3 is 9.52 Å². The summed E-state index contributed by atoms with van der Waals surface area (Å²) in [4.78, 5) is 0. The van der Waals surface area contributed by atoms with Crippen molar-refractivity contribution in [1.29, 1.82) is 0 Å². The predicted molar refractivity (Wildman–Crippen MR) is 63.3 cm³/mol. The van der Waals surface area contributed by atoms with E-state index in [0.29, 0.717) is 6.42 Å². The first-order chi connectivity index (χ1) is 7.88. The molecule has 0 aliphatic carbocycles. The fraction of sp³-hybridized carbons (Fsp3) is 0.286. The molecule has 0 unspecified atom stereocenters. The molecule has 2 rings (SSSR count). The van der Waals surface area contributed by atoms with Crippen LogP contribution in [0.2, 0.25) is 0 Å². The van der Waals surface area contributed by atoms with Crippen LogP contribution < -0.4 is 0 Å². The average Bonchev–Trinajstić information content (AvgIpc) is 2.76. The van der Waals surface area contributed by atoms with Crippen molar-refractivity contribution < 1.29 is 9.52 Å². The topological polar surface area (TPSA) is 33.4 Å². The molecule has 0 aliphatic rings. The maximum Gasteiger partial charge on any atom is 0.106 e. The van der Waals surface area contributed by atoms with E-state index >= 15 is 0 Å². The molecule has 0 aliphatic heterocycles. The van der Waals surface area contributed by atoms with Crippen LogP contribution >= 0.6 is 0 Å². The van der Waals surface area contributed by atoms with Crippen LogP contribution in [-0.4, -0.2) is 11.7 Å². The molecular formula is C14H16O2. The van der Waals surface area contributed by atoms with E-state index in [1.807, 2.05) is 12.1 Å². The van der Waals surface area contributed by atoms with Crippen LogP contribution in [0.3, 0.4) is 0 Å². The molecule has 2 nitrogen and oxygen atoms in total. The van der Waals surface area contributed by atoms with Crippen LogP contribution in [0.15, 0.2) is 47.1 Å². The van der Waals surface area contributed by atoms with Crippen LogP contribution in [0.25, 0.3) is 0 Å². The lowest BCUT2D eigenvalue weighted by molar-refractivity contribution is 0.288. The SMILES string of the molecule is OCCc1cc(CCc2ccccc2)co1. The molecule has 1 N–H and O–H groups in total.